The van der Waals surface area contributed by atoms with E-state index < -0.39 is 21.4 Å². The molecule has 4 rings (SSSR count). The molecule has 1 aliphatic heterocycles. The van der Waals surface area contributed by atoms with Crippen LogP contribution in [0.3, 0.4) is 0 Å². The van der Waals surface area contributed by atoms with Crippen LogP contribution in [0.4, 0.5) is 4.39 Å². The number of fused-ring (bicyclic) bond motifs is 3. The molecular weight excluding hydrogens is 391 g/mol. The van der Waals surface area contributed by atoms with Crippen LogP contribution in [-0.4, -0.2) is 33.3 Å². The largest absolute Gasteiger partial charge is 0.244 e. The van der Waals surface area contributed by atoms with Crippen molar-refractivity contribution in [1.82, 2.24) is 19.3 Å². The maximum Gasteiger partial charge on any atom is 0.244 e. The van der Waals surface area contributed by atoms with Crippen molar-refractivity contribution in [3.8, 4) is 11.3 Å². The fraction of sp³-hybridized carbons (Fsp3) is 0.333. The van der Waals surface area contributed by atoms with Crippen LogP contribution in [0.1, 0.15) is 37.6 Å². The fourth-order valence-electron chi connectivity index (χ4n) is 3.58. The van der Waals surface area contributed by atoms with Crippen molar-refractivity contribution in [2.45, 2.75) is 51.2 Å². The second-order valence-electron chi connectivity index (χ2n) is 8.35. The van der Waals surface area contributed by atoms with Gasteiger partial charge in [-0.1, -0.05) is 35.0 Å². The first-order chi connectivity index (χ1) is 13.6. The van der Waals surface area contributed by atoms with Gasteiger partial charge in [0, 0.05) is 11.1 Å². The van der Waals surface area contributed by atoms with Gasteiger partial charge in [-0.3, -0.25) is 0 Å². The summed E-state index contributed by atoms with van der Waals surface area (Å²) in [6.45, 7) is 7.98. The zero-order chi connectivity index (χ0) is 21.0. The quantitative estimate of drug-likeness (QED) is 0.641. The first kappa shape index (κ1) is 19.7. The Kier molecular flexibility index (Phi) is 4.59. The van der Waals surface area contributed by atoms with Crippen LogP contribution in [0.5, 0.6) is 0 Å². The summed E-state index contributed by atoms with van der Waals surface area (Å²) in [5.41, 5.74) is 2.82. The van der Waals surface area contributed by atoms with Gasteiger partial charge in [-0.25, -0.2) is 17.5 Å². The van der Waals surface area contributed by atoms with E-state index in [1.807, 2.05) is 52.0 Å². The molecule has 0 unspecified atom stereocenters. The zero-order valence-electron chi connectivity index (χ0n) is 16.8. The van der Waals surface area contributed by atoms with Gasteiger partial charge in [0.1, 0.15) is 11.5 Å². The van der Waals surface area contributed by atoms with E-state index in [0.717, 1.165) is 11.1 Å². The highest BCUT2D eigenvalue weighted by molar-refractivity contribution is 7.89. The zero-order valence-corrected chi connectivity index (χ0v) is 17.7. The third kappa shape index (κ3) is 3.47. The minimum Gasteiger partial charge on any atom is -0.240 e. The molecule has 3 aromatic rings. The minimum atomic E-state index is -3.84. The average molecular weight is 415 g/mol. The summed E-state index contributed by atoms with van der Waals surface area (Å²) in [5.74, 6) is -0.503. The van der Waals surface area contributed by atoms with Crippen molar-refractivity contribution >= 4 is 10.0 Å². The summed E-state index contributed by atoms with van der Waals surface area (Å²) in [6, 6.07) is 11.8. The second kappa shape index (κ2) is 6.74. The van der Waals surface area contributed by atoms with Gasteiger partial charge in [0.25, 0.3) is 0 Å². The Morgan fingerprint density at radius 2 is 1.79 bits per heavy atom. The molecule has 0 radical (unpaired) electrons. The van der Waals surface area contributed by atoms with Gasteiger partial charge in [0.15, 0.2) is 0 Å². The number of benzene rings is 2. The molecule has 1 aliphatic rings. The van der Waals surface area contributed by atoms with E-state index in [0.29, 0.717) is 23.5 Å². The van der Waals surface area contributed by atoms with Crippen LogP contribution in [-0.2, 0) is 23.1 Å². The lowest BCUT2D eigenvalue weighted by molar-refractivity contribution is 0.241. The molecule has 8 heteroatoms. The maximum absolute atomic E-state index is 14.2. The van der Waals surface area contributed by atoms with Gasteiger partial charge in [-0.05, 0) is 51.5 Å². The molecule has 0 fully saturated rings. The Morgan fingerprint density at radius 3 is 2.45 bits per heavy atom. The van der Waals surface area contributed by atoms with Gasteiger partial charge in [0.2, 0.25) is 10.0 Å². The van der Waals surface area contributed by atoms with Crippen LogP contribution >= 0.6 is 0 Å². The van der Waals surface area contributed by atoms with Crippen LogP contribution in [0.15, 0.2) is 47.4 Å². The van der Waals surface area contributed by atoms with E-state index in [-0.39, 0.29) is 11.4 Å². The Hall–Kier alpha value is -2.58. The van der Waals surface area contributed by atoms with E-state index in [4.69, 9.17) is 0 Å². The first-order valence-electron chi connectivity index (χ1n) is 9.38. The number of rotatable bonds is 2. The second-order valence-corrected chi connectivity index (χ2v) is 10.2. The Balaban J connectivity index is 1.93. The lowest BCUT2D eigenvalue weighted by Crippen LogP contribution is -2.44. The third-order valence-electron chi connectivity index (χ3n) is 5.06. The summed E-state index contributed by atoms with van der Waals surface area (Å²) in [6.07, 6.45) is 0. The van der Waals surface area contributed by atoms with E-state index >= 15 is 0 Å². The molecule has 0 N–H and O–H groups in total. The Bertz CT molecular complexity index is 1180. The topological polar surface area (TPSA) is 68.1 Å². The molecule has 2 heterocycles. The van der Waals surface area contributed by atoms with Crippen LogP contribution in [0.25, 0.3) is 11.3 Å². The van der Waals surface area contributed by atoms with Crippen molar-refractivity contribution in [3.63, 3.8) is 0 Å². The monoisotopic (exact) mass is 414 g/mol. The van der Waals surface area contributed by atoms with E-state index in [9.17, 15) is 12.8 Å². The van der Waals surface area contributed by atoms with E-state index in [1.165, 1.54) is 22.5 Å². The summed E-state index contributed by atoms with van der Waals surface area (Å²) in [5, 5.41) is 8.55. The van der Waals surface area contributed by atoms with Crippen LogP contribution in [0.2, 0.25) is 0 Å². The maximum atomic E-state index is 14.2. The molecule has 152 valence electrons. The summed E-state index contributed by atoms with van der Waals surface area (Å²) < 4.78 is 44.0. The molecule has 0 saturated carbocycles. The number of hydrogen-bond donors (Lipinski definition) is 0. The minimum absolute atomic E-state index is 0.0695. The number of nitrogens with zero attached hydrogens (tertiary/aromatic N) is 4. The highest BCUT2D eigenvalue weighted by atomic mass is 32.2. The summed E-state index contributed by atoms with van der Waals surface area (Å²) in [4.78, 5) is 0.0695. The van der Waals surface area contributed by atoms with Crippen molar-refractivity contribution in [3.05, 3.63) is 65.1 Å². The molecule has 0 amide bonds. The normalized spacial score (nSPS) is 16.2. The van der Waals surface area contributed by atoms with Crippen LogP contribution in [0, 0.1) is 12.7 Å². The molecular formula is C21H23FN4O2S. The number of aromatic nitrogens is 3. The van der Waals surface area contributed by atoms with Crippen molar-refractivity contribution < 1.29 is 12.8 Å². The number of halogens is 1. The SMILES string of the molecule is Cc1ccc(Cn2nnc3c2-c2cc(F)ccc2S(=O)(=O)N(C(C)(C)C)C3)cc1. The lowest BCUT2D eigenvalue weighted by Gasteiger charge is -2.33. The van der Waals surface area contributed by atoms with Crippen molar-refractivity contribution in [1.29, 1.82) is 0 Å². The Morgan fingerprint density at radius 1 is 1.10 bits per heavy atom. The molecule has 0 bridgehead atoms. The molecule has 0 aliphatic carbocycles. The molecule has 29 heavy (non-hydrogen) atoms. The smallest absolute Gasteiger partial charge is 0.240 e. The molecule has 0 saturated heterocycles. The predicted molar refractivity (Wildman–Crippen MR) is 108 cm³/mol. The number of hydrogen-bond acceptors (Lipinski definition) is 4. The van der Waals surface area contributed by atoms with Gasteiger partial charge in [-0.2, -0.15) is 4.31 Å². The molecule has 0 spiro atoms. The lowest BCUT2D eigenvalue weighted by atomic mass is 10.1. The highest BCUT2D eigenvalue weighted by Crippen LogP contribution is 2.39. The number of sulfonamides is 1. The predicted octanol–water partition coefficient (Wildman–Crippen LogP) is 3.74. The standard InChI is InChI=1S/C21H23FN4O2S/c1-14-5-7-15(8-6-14)12-25-20-17-11-16(22)9-10-19(17)29(27,28)26(21(2,3)4)13-18(20)23-24-25/h5-11H,12-13H2,1-4H3. The molecule has 0 atom stereocenters. The van der Waals surface area contributed by atoms with Gasteiger partial charge >= 0.3 is 0 Å². The molecule has 6 nitrogen and oxygen atoms in total. The summed E-state index contributed by atoms with van der Waals surface area (Å²) in [7, 11) is -3.84. The Labute approximate surface area is 170 Å². The third-order valence-corrected chi connectivity index (χ3v) is 7.23. The molecule has 2 aromatic carbocycles. The number of aryl methyl sites for hydroxylation is 1. The first-order valence-corrected chi connectivity index (χ1v) is 10.8. The van der Waals surface area contributed by atoms with Gasteiger partial charge < -0.3 is 0 Å². The van der Waals surface area contributed by atoms with Gasteiger partial charge in [0.05, 0.1) is 23.7 Å². The fourth-order valence-corrected chi connectivity index (χ4v) is 5.50. The van der Waals surface area contributed by atoms with Crippen molar-refractivity contribution in [2.75, 3.05) is 0 Å². The highest BCUT2D eigenvalue weighted by Gasteiger charge is 2.40. The van der Waals surface area contributed by atoms with Crippen molar-refractivity contribution in [2.24, 2.45) is 0 Å². The van der Waals surface area contributed by atoms with E-state index in [2.05, 4.69) is 10.3 Å². The van der Waals surface area contributed by atoms with E-state index in [1.54, 1.807) is 4.68 Å². The van der Waals surface area contributed by atoms with Crippen LogP contribution < -0.4 is 0 Å². The average Bonchev–Trinajstić information content (AvgIpc) is 2.98. The van der Waals surface area contributed by atoms with Gasteiger partial charge in [-0.15, -0.1) is 5.10 Å². The molecule has 1 aromatic heterocycles. The summed E-state index contributed by atoms with van der Waals surface area (Å²) >= 11 is 0.